The fraction of sp³-hybridized carbons (Fsp3) is 0.722. The molecule has 5 atom stereocenters. The van der Waals surface area contributed by atoms with Gasteiger partial charge >= 0.3 is 5.69 Å². The first-order valence-corrected chi connectivity index (χ1v) is 10.5. The number of aromatic amines is 1. The summed E-state index contributed by atoms with van der Waals surface area (Å²) in [5.74, 6) is 0. The van der Waals surface area contributed by atoms with Gasteiger partial charge in [-0.05, 0) is 34.6 Å². The number of nitrogens with one attached hydrogen (secondary N) is 1. The molecule has 9 nitrogen and oxygen atoms in total. The van der Waals surface area contributed by atoms with Gasteiger partial charge < -0.3 is 13.8 Å². The Labute approximate surface area is 171 Å². The molecule has 29 heavy (non-hydrogen) atoms. The van der Waals surface area contributed by atoms with Crippen LogP contribution in [0.2, 0.25) is 0 Å². The molecule has 11 heteroatoms. The number of hydrogen-bond acceptors (Lipinski definition) is 7. The lowest BCUT2D eigenvalue weighted by Gasteiger charge is -2.37. The van der Waals surface area contributed by atoms with E-state index in [0.29, 0.717) is 0 Å². The first kappa shape index (κ1) is 22.1. The van der Waals surface area contributed by atoms with E-state index in [2.05, 4.69) is 4.98 Å². The summed E-state index contributed by atoms with van der Waals surface area (Å²) in [5.41, 5.74) is -1.41. The standard InChI is InChI=1S/C18H28FN4O5P/c1-11(2)23(12(3)4)29(26-10-6-8-20)28-16-13(5)27-17(15(16)19)22-9-7-14(24)21-18(22)25/h7,9,11-13,15-17H,6,10H2,1-5H3,(H,21,24,25)/t13-,15-,16-,17-,29?/m1/s1/i5D. The van der Waals surface area contributed by atoms with Crippen LogP contribution in [0, 0.1) is 11.3 Å². The molecule has 1 aromatic heterocycles. The lowest BCUT2D eigenvalue weighted by atomic mass is 10.2. The van der Waals surface area contributed by atoms with Gasteiger partial charge in [0.15, 0.2) is 12.4 Å². The van der Waals surface area contributed by atoms with Gasteiger partial charge in [-0.3, -0.25) is 14.3 Å². The number of ether oxygens (including phenoxy) is 1. The Morgan fingerprint density at radius 2 is 2.14 bits per heavy atom. The average Bonchev–Trinajstić information content (AvgIpc) is 2.97. The molecule has 0 radical (unpaired) electrons. The number of nitrogens with zero attached hydrogens (tertiary/aromatic N) is 3. The van der Waals surface area contributed by atoms with Crippen LogP contribution < -0.4 is 11.2 Å². The van der Waals surface area contributed by atoms with Gasteiger partial charge in [-0.25, -0.2) is 13.9 Å². The lowest BCUT2D eigenvalue weighted by molar-refractivity contribution is -0.0180. The molecule has 0 amide bonds. The fourth-order valence-electron chi connectivity index (χ4n) is 3.07. The van der Waals surface area contributed by atoms with Crippen molar-refractivity contribution in [2.24, 2.45) is 0 Å². The highest BCUT2D eigenvalue weighted by atomic mass is 31.2. The number of alkyl halides is 1. The van der Waals surface area contributed by atoms with Gasteiger partial charge in [-0.15, -0.1) is 0 Å². The fourth-order valence-corrected chi connectivity index (χ4v) is 4.84. The van der Waals surface area contributed by atoms with Gasteiger partial charge in [0.1, 0.15) is 6.10 Å². The zero-order valence-electron chi connectivity index (χ0n) is 17.9. The van der Waals surface area contributed by atoms with Gasteiger partial charge in [0, 0.05) is 25.7 Å². The number of hydrogen-bond donors (Lipinski definition) is 1. The van der Waals surface area contributed by atoms with Gasteiger partial charge in [0.2, 0.25) is 0 Å². The van der Waals surface area contributed by atoms with Crippen molar-refractivity contribution in [2.45, 2.75) is 77.7 Å². The van der Waals surface area contributed by atoms with Crippen LogP contribution in [0.15, 0.2) is 21.9 Å². The van der Waals surface area contributed by atoms with E-state index in [1.165, 1.54) is 0 Å². The molecule has 0 bridgehead atoms. The molecule has 1 aliphatic heterocycles. The third-order valence-corrected chi connectivity index (χ3v) is 6.39. The highest BCUT2D eigenvalue weighted by Crippen LogP contribution is 2.50. The van der Waals surface area contributed by atoms with E-state index in [0.717, 1.165) is 16.8 Å². The lowest BCUT2D eigenvalue weighted by Crippen LogP contribution is -2.38. The van der Waals surface area contributed by atoms with Crippen molar-refractivity contribution in [3.8, 4) is 6.07 Å². The summed E-state index contributed by atoms with van der Waals surface area (Å²) in [6.45, 7) is 7.65. The van der Waals surface area contributed by atoms with Crippen molar-refractivity contribution in [1.82, 2.24) is 14.2 Å². The Kier molecular flexibility index (Phi) is 7.92. The number of aromatic nitrogens is 2. The molecule has 1 N–H and O–H groups in total. The second kappa shape index (κ2) is 10.4. The maximum atomic E-state index is 15.4. The van der Waals surface area contributed by atoms with Crippen LogP contribution in [0.25, 0.3) is 0 Å². The summed E-state index contributed by atoms with van der Waals surface area (Å²) >= 11 is 0. The zero-order valence-corrected chi connectivity index (χ0v) is 17.8. The normalized spacial score (nSPS) is 26.1. The Morgan fingerprint density at radius 3 is 2.69 bits per heavy atom. The number of nitriles is 1. The van der Waals surface area contributed by atoms with E-state index in [1.54, 1.807) is 0 Å². The van der Waals surface area contributed by atoms with Gasteiger partial charge in [0.05, 0.1) is 25.2 Å². The van der Waals surface area contributed by atoms with Gasteiger partial charge in [-0.2, -0.15) is 5.26 Å². The molecule has 0 aliphatic carbocycles. The quantitative estimate of drug-likeness (QED) is 0.472. The second-order valence-electron chi connectivity index (χ2n) is 7.14. The molecule has 0 saturated carbocycles. The van der Waals surface area contributed by atoms with E-state index in [1.807, 2.05) is 38.4 Å². The summed E-state index contributed by atoms with van der Waals surface area (Å²) in [4.78, 5) is 25.4. The van der Waals surface area contributed by atoms with Crippen molar-refractivity contribution in [1.29, 1.82) is 5.26 Å². The maximum absolute atomic E-state index is 15.4. The number of halogens is 1. The minimum Gasteiger partial charge on any atom is -0.349 e. The zero-order chi connectivity index (χ0) is 22.4. The predicted molar refractivity (Wildman–Crippen MR) is 106 cm³/mol. The maximum Gasteiger partial charge on any atom is 0.330 e. The van der Waals surface area contributed by atoms with Crippen LogP contribution in [-0.2, 0) is 13.8 Å². The van der Waals surface area contributed by atoms with E-state index >= 15 is 4.39 Å². The number of H-pyrrole nitrogens is 1. The van der Waals surface area contributed by atoms with Crippen molar-refractivity contribution in [3.05, 3.63) is 33.1 Å². The molecule has 2 rings (SSSR count). The van der Waals surface area contributed by atoms with E-state index in [4.69, 9.17) is 20.4 Å². The number of rotatable bonds is 9. The molecular formula is C18H28FN4O5P. The highest BCUT2D eigenvalue weighted by molar-refractivity contribution is 7.44. The summed E-state index contributed by atoms with van der Waals surface area (Å²) < 4.78 is 43.4. The Hall–Kier alpha value is -1.63. The molecule has 1 unspecified atom stereocenters. The van der Waals surface area contributed by atoms with E-state index in [9.17, 15) is 9.59 Å². The molecule has 1 saturated heterocycles. The van der Waals surface area contributed by atoms with E-state index < -0.39 is 44.4 Å². The Morgan fingerprint density at radius 1 is 1.45 bits per heavy atom. The third kappa shape index (κ3) is 5.71. The topological polar surface area (TPSA) is 110 Å². The van der Waals surface area contributed by atoms with Crippen molar-refractivity contribution >= 4 is 8.53 Å². The summed E-state index contributed by atoms with van der Waals surface area (Å²) in [6, 6.07) is 3.13. The molecular weight excluding hydrogens is 402 g/mol. The average molecular weight is 431 g/mol. The van der Waals surface area contributed by atoms with Crippen molar-refractivity contribution in [3.63, 3.8) is 0 Å². The monoisotopic (exact) mass is 431 g/mol. The summed E-state index contributed by atoms with van der Waals surface area (Å²) in [5, 5.41) is 8.81. The van der Waals surface area contributed by atoms with Crippen LogP contribution >= 0.6 is 8.53 Å². The Balaban J connectivity index is 2.29. The smallest absolute Gasteiger partial charge is 0.330 e. The molecule has 0 spiro atoms. The molecule has 1 fully saturated rings. The van der Waals surface area contributed by atoms with Crippen LogP contribution in [0.4, 0.5) is 4.39 Å². The van der Waals surface area contributed by atoms with Crippen LogP contribution in [0.3, 0.4) is 0 Å². The Bertz CT molecular complexity index is 837. The summed E-state index contributed by atoms with van der Waals surface area (Å²) in [6.07, 6.45) is -3.88. The van der Waals surface area contributed by atoms with Crippen LogP contribution in [0.1, 0.15) is 48.6 Å². The van der Waals surface area contributed by atoms with Crippen molar-refractivity contribution in [2.75, 3.05) is 6.61 Å². The second-order valence-corrected chi connectivity index (χ2v) is 8.55. The molecule has 1 aliphatic rings. The first-order chi connectivity index (χ1) is 14.2. The molecule has 1 aromatic rings. The predicted octanol–water partition coefficient (Wildman–Crippen LogP) is 2.45. The minimum atomic E-state index is -1.77. The minimum absolute atomic E-state index is 0.0191. The molecule has 2 heterocycles. The van der Waals surface area contributed by atoms with Crippen LogP contribution in [-0.4, -0.2) is 51.3 Å². The molecule has 162 valence electrons. The largest absolute Gasteiger partial charge is 0.349 e. The van der Waals surface area contributed by atoms with Crippen LogP contribution in [0.5, 0.6) is 0 Å². The first-order valence-electron chi connectivity index (χ1n) is 10.1. The van der Waals surface area contributed by atoms with Gasteiger partial charge in [-0.1, -0.05) is 0 Å². The highest BCUT2D eigenvalue weighted by Gasteiger charge is 2.47. The molecule has 0 aromatic carbocycles. The van der Waals surface area contributed by atoms with Gasteiger partial charge in [0.25, 0.3) is 14.1 Å². The van der Waals surface area contributed by atoms with Crippen molar-refractivity contribution < 1.29 is 19.5 Å². The summed E-state index contributed by atoms with van der Waals surface area (Å²) in [7, 11) is -1.75. The SMILES string of the molecule is [2H]C[C@H]1O[C@@H](n2ccc(=O)[nH]c2=O)[C@H](F)[C@@H]1OP(OCCC#N)N(C(C)C)C(C)C. The third-order valence-electron chi connectivity index (χ3n) is 4.27. The van der Waals surface area contributed by atoms with E-state index in [-0.39, 0.29) is 32.0 Å².